The van der Waals surface area contributed by atoms with E-state index >= 15 is 0 Å². The highest BCUT2D eigenvalue weighted by atomic mass is 79.9. The standard InChI is InChI=1S/C36H25BrClN3O4S/c1-2-44-35(43)31-32(23-8-4-3-5-9-23)40-36-41(33(31)24-13-15-27(38)16-14-24)34(42)30(46-36)19-22-12-17-29(28(37)18-22)45-21-26-11-7-6-10-25(26)20-39/h3-19,33H,2,21H2,1H3/b30-19-/t33-/m0/s1. The van der Waals surface area contributed by atoms with E-state index in [1.165, 1.54) is 11.3 Å². The van der Waals surface area contributed by atoms with Crippen molar-refractivity contribution in [3.8, 4) is 11.8 Å². The van der Waals surface area contributed by atoms with Crippen molar-refractivity contribution in [3.63, 3.8) is 0 Å². The molecule has 6 rings (SSSR count). The molecule has 0 amide bonds. The Labute approximate surface area is 282 Å². The second-order valence-corrected chi connectivity index (χ2v) is 12.5. The van der Waals surface area contributed by atoms with Crippen molar-refractivity contribution in [1.29, 1.82) is 5.26 Å². The van der Waals surface area contributed by atoms with E-state index < -0.39 is 12.0 Å². The number of carbonyl (C=O) groups is 1. The maximum atomic E-state index is 14.1. The fraction of sp³-hybridized carbons (Fsp3) is 0.111. The summed E-state index contributed by atoms with van der Waals surface area (Å²) in [6, 6.07) is 30.7. The number of thiazole rings is 1. The van der Waals surface area contributed by atoms with Crippen molar-refractivity contribution in [2.45, 2.75) is 19.6 Å². The van der Waals surface area contributed by atoms with Crippen LogP contribution in [0.1, 0.15) is 40.8 Å². The number of rotatable bonds is 8. The fourth-order valence-electron chi connectivity index (χ4n) is 5.19. The summed E-state index contributed by atoms with van der Waals surface area (Å²) in [6.45, 7) is 2.14. The summed E-state index contributed by atoms with van der Waals surface area (Å²) < 4.78 is 14.2. The number of aromatic nitrogens is 1. The van der Waals surface area contributed by atoms with E-state index in [4.69, 9.17) is 26.1 Å². The average molecular weight is 711 g/mol. The van der Waals surface area contributed by atoms with Gasteiger partial charge < -0.3 is 9.47 Å². The van der Waals surface area contributed by atoms with E-state index in [9.17, 15) is 14.9 Å². The summed E-state index contributed by atoms with van der Waals surface area (Å²) in [5, 5.41) is 9.91. The highest BCUT2D eigenvalue weighted by molar-refractivity contribution is 9.10. The number of benzene rings is 4. The molecule has 0 aliphatic carbocycles. The van der Waals surface area contributed by atoms with Gasteiger partial charge in [0.05, 0.1) is 44.6 Å². The van der Waals surface area contributed by atoms with Crippen LogP contribution in [0.3, 0.4) is 0 Å². The van der Waals surface area contributed by atoms with Crippen LogP contribution in [-0.4, -0.2) is 17.1 Å². The van der Waals surface area contributed by atoms with Crippen molar-refractivity contribution in [2.24, 2.45) is 4.99 Å². The quantitative estimate of drug-likeness (QED) is 0.165. The normalized spacial score (nSPS) is 14.3. The molecule has 1 aliphatic rings. The molecule has 0 fully saturated rings. The minimum atomic E-state index is -0.788. The molecule has 0 unspecified atom stereocenters. The van der Waals surface area contributed by atoms with E-state index in [1.54, 1.807) is 35.8 Å². The molecule has 0 radical (unpaired) electrons. The molecule has 0 N–H and O–H groups in total. The van der Waals surface area contributed by atoms with Crippen molar-refractivity contribution >= 4 is 56.6 Å². The first-order chi connectivity index (χ1) is 22.4. The van der Waals surface area contributed by atoms with Gasteiger partial charge in [-0.1, -0.05) is 89.7 Å². The molecule has 7 nitrogen and oxygen atoms in total. The first kappa shape index (κ1) is 31.2. The lowest BCUT2D eigenvalue weighted by atomic mass is 9.93. The summed E-state index contributed by atoms with van der Waals surface area (Å²) in [6.07, 6.45) is 1.79. The predicted molar refractivity (Wildman–Crippen MR) is 182 cm³/mol. The van der Waals surface area contributed by atoms with Crippen LogP contribution in [0.15, 0.2) is 117 Å². The monoisotopic (exact) mass is 709 g/mol. The van der Waals surface area contributed by atoms with Crippen LogP contribution < -0.4 is 19.6 Å². The molecule has 2 heterocycles. The van der Waals surface area contributed by atoms with Gasteiger partial charge in [-0.15, -0.1) is 0 Å². The summed E-state index contributed by atoms with van der Waals surface area (Å²) in [5.41, 5.74) is 3.98. The highest BCUT2D eigenvalue weighted by Crippen LogP contribution is 2.35. The zero-order valence-electron chi connectivity index (χ0n) is 24.4. The number of nitrogens with zero attached hydrogens (tertiary/aromatic N) is 3. The number of fused-ring (bicyclic) bond motifs is 1. The molecule has 228 valence electrons. The molecule has 4 aromatic carbocycles. The van der Waals surface area contributed by atoms with Gasteiger partial charge in [0.2, 0.25) is 0 Å². The molecule has 0 spiro atoms. The van der Waals surface area contributed by atoms with Crippen molar-refractivity contribution in [2.75, 3.05) is 6.61 Å². The molecule has 1 aliphatic heterocycles. The lowest BCUT2D eigenvalue weighted by Crippen LogP contribution is -2.40. The van der Waals surface area contributed by atoms with Crippen LogP contribution in [0.25, 0.3) is 11.8 Å². The summed E-state index contributed by atoms with van der Waals surface area (Å²) in [7, 11) is 0. The average Bonchev–Trinajstić information content (AvgIpc) is 3.38. The third-order valence-corrected chi connectivity index (χ3v) is 9.19. The summed E-state index contributed by atoms with van der Waals surface area (Å²) >= 11 is 11.0. The van der Waals surface area contributed by atoms with Gasteiger partial charge in [0, 0.05) is 16.1 Å². The van der Waals surface area contributed by atoms with E-state index in [2.05, 4.69) is 22.0 Å². The number of ether oxygens (including phenoxy) is 2. The molecule has 10 heteroatoms. The van der Waals surface area contributed by atoms with Gasteiger partial charge in [0.25, 0.3) is 5.56 Å². The zero-order chi connectivity index (χ0) is 32.2. The molecule has 0 saturated carbocycles. The van der Waals surface area contributed by atoms with E-state index in [0.29, 0.717) is 41.4 Å². The minimum Gasteiger partial charge on any atom is -0.488 e. The number of hydrogen-bond acceptors (Lipinski definition) is 7. The molecule has 1 aromatic heterocycles. The number of nitriles is 1. The van der Waals surface area contributed by atoms with Gasteiger partial charge in [-0.3, -0.25) is 9.36 Å². The number of hydrogen-bond donors (Lipinski definition) is 0. The Morgan fingerprint density at radius 2 is 1.80 bits per heavy atom. The Kier molecular flexibility index (Phi) is 9.31. The van der Waals surface area contributed by atoms with Crippen LogP contribution in [0.4, 0.5) is 0 Å². The molecule has 1 atom stereocenters. The second-order valence-electron chi connectivity index (χ2n) is 10.2. The highest BCUT2D eigenvalue weighted by Gasteiger charge is 2.35. The maximum absolute atomic E-state index is 14.1. The molecular formula is C36H25BrClN3O4S. The lowest BCUT2D eigenvalue weighted by Gasteiger charge is -2.25. The Bertz CT molecular complexity index is 2200. The number of esters is 1. The van der Waals surface area contributed by atoms with Gasteiger partial charge in [-0.25, -0.2) is 9.79 Å². The third kappa shape index (κ3) is 6.33. The Balaban J connectivity index is 1.45. The molecule has 0 bridgehead atoms. The van der Waals surface area contributed by atoms with Crippen LogP contribution in [0, 0.1) is 11.3 Å². The molecular weight excluding hydrogens is 686 g/mol. The van der Waals surface area contributed by atoms with Gasteiger partial charge in [-0.2, -0.15) is 5.26 Å². The van der Waals surface area contributed by atoms with Crippen LogP contribution >= 0.6 is 38.9 Å². The number of halogens is 2. The summed E-state index contributed by atoms with van der Waals surface area (Å²) in [4.78, 5) is 33.0. The van der Waals surface area contributed by atoms with E-state index in [-0.39, 0.29) is 24.3 Å². The second kappa shape index (κ2) is 13.7. The summed E-state index contributed by atoms with van der Waals surface area (Å²) in [5.74, 6) is 0.0527. The van der Waals surface area contributed by atoms with Crippen LogP contribution in [-0.2, 0) is 16.1 Å². The Morgan fingerprint density at radius 1 is 1.07 bits per heavy atom. The topological polar surface area (TPSA) is 93.7 Å². The third-order valence-electron chi connectivity index (χ3n) is 7.33. The fourth-order valence-corrected chi connectivity index (χ4v) is 6.82. The van der Waals surface area contributed by atoms with Crippen LogP contribution in [0.2, 0.25) is 5.02 Å². The predicted octanol–water partition coefficient (Wildman–Crippen LogP) is 6.80. The first-order valence-electron chi connectivity index (χ1n) is 14.3. The van der Waals surface area contributed by atoms with Gasteiger partial charge in [0.1, 0.15) is 12.4 Å². The molecule has 5 aromatic rings. The van der Waals surface area contributed by atoms with Crippen LogP contribution in [0.5, 0.6) is 5.75 Å². The van der Waals surface area contributed by atoms with Gasteiger partial charge in [0.15, 0.2) is 4.80 Å². The SMILES string of the molecule is CCOC(=O)C1=C(c2ccccc2)N=c2s/c(=C\c3ccc(OCc4ccccc4C#N)c(Br)c3)c(=O)n2[C@H]1c1ccc(Cl)cc1. The number of carbonyl (C=O) groups excluding carboxylic acids is 1. The zero-order valence-corrected chi connectivity index (χ0v) is 27.6. The van der Waals surface area contributed by atoms with Crippen molar-refractivity contribution in [3.05, 3.63) is 160 Å². The van der Waals surface area contributed by atoms with E-state index in [1.807, 2.05) is 78.9 Å². The Hall–Kier alpha value is -4.75. The minimum absolute atomic E-state index is 0.168. The van der Waals surface area contributed by atoms with E-state index in [0.717, 1.165) is 16.7 Å². The first-order valence-corrected chi connectivity index (χ1v) is 16.3. The largest absolute Gasteiger partial charge is 0.488 e. The van der Waals surface area contributed by atoms with Crippen molar-refractivity contribution < 1.29 is 14.3 Å². The van der Waals surface area contributed by atoms with Crippen molar-refractivity contribution in [1.82, 2.24) is 4.57 Å². The van der Waals surface area contributed by atoms with Gasteiger partial charge in [-0.05, 0) is 70.4 Å². The lowest BCUT2D eigenvalue weighted by molar-refractivity contribution is -0.138. The molecule has 46 heavy (non-hydrogen) atoms. The smallest absolute Gasteiger partial charge is 0.338 e. The molecule has 0 saturated heterocycles. The maximum Gasteiger partial charge on any atom is 0.338 e. The van der Waals surface area contributed by atoms with Gasteiger partial charge >= 0.3 is 5.97 Å². The Morgan fingerprint density at radius 3 is 2.52 bits per heavy atom.